The first-order valence-electron chi connectivity index (χ1n) is 7.13. The van der Waals surface area contributed by atoms with Gasteiger partial charge in [0.05, 0.1) is 5.41 Å². The van der Waals surface area contributed by atoms with Crippen molar-refractivity contribution in [2.24, 2.45) is 11.3 Å². The van der Waals surface area contributed by atoms with E-state index in [1.54, 1.807) is 4.90 Å². The maximum atomic E-state index is 12.6. The Hall–Kier alpha value is -1.84. The molecule has 4 nitrogen and oxygen atoms in total. The molecule has 2 fully saturated rings. The average Bonchev–Trinajstić information content (AvgIpc) is 2.96. The molecule has 20 heavy (non-hydrogen) atoms. The molecule has 0 aromatic heterocycles. The van der Waals surface area contributed by atoms with Crippen molar-refractivity contribution in [3.05, 3.63) is 35.4 Å². The van der Waals surface area contributed by atoms with Crippen molar-refractivity contribution < 1.29 is 14.7 Å². The quantitative estimate of drug-likeness (QED) is 0.899. The number of amides is 1. The van der Waals surface area contributed by atoms with Crippen LogP contribution >= 0.6 is 0 Å². The molecule has 1 N–H and O–H groups in total. The summed E-state index contributed by atoms with van der Waals surface area (Å²) in [5.41, 5.74) is 0.935. The normalized spacial score (nSPS) is 28.4. The van der Waals surface area contributed by atoms with E-state index in [1.165, 1.54) is 0 Å². The summed E-state index contributed by atoms with van der Waals surface area (Å²) in [4.78, 5) is 26.0. The highest BCUT2D eigenvalue weighted by atomic mass is 16.4. The monoisotopic (exact) mass is 273 g/mol. The molecule has 0 spiro atoms. The minimum atomic E-state index is -0.736. The molecule has 0 unspecified atom stereocenters. The molecule has 4 heteroatoms. The van der Waals surface area contributed by atoms with E-state index in [1.807, 2.05) is 31.2 Å². The lowest BCUT2D eigenvalue weighted by atomic mass is 9.81. The standard InChI is InChI=1S/C16H19NO3/c1-11-5-2-3-7-13(11)14(18)17-9-12-6-4-8-16(12,10-17)15(19)20/h2-3,5,7,12H,4,6,8-10H2,1H3,(H,19,20)/t12-,16+/m0/s1. The van der Waals surface area contributed by atoms with Crippen LogP contribution in [0.2, 0.25) is 0 Å². The second-order valence-electron chi connectivity index (χ2n) is 6.05. The lowest BCUT2D eigenvalue weighted by molar-refractivity contribution is -0.149. The van der Waals surface area contributed by atoms with E-state index in [0.717, 1.165) is 18.4 Å². The van der Waals surface area contributed by atoms with Gasteiger partial charge in [0, 0.05) is 18.7 Å². The van der Waals surface area contributed by atoms with Gasteiger partial charge in [0.2, 0.25) is 0 Å². The third kappa shape index (κ3) is 1.82. The van der Waals surface area contributed by atoms with Gasteiger partial charge in [-0.25, -0.2) is 0 Å². The highest BCUT2D eigenvalue weighted by Crippen LogP contribution is 2.49. The number of benzene rings is 1. The summed E-state index contributed by atoms with van der Waals surface area (Å²) in [7, 11) is 0. The smallest absolute Gasteiger partial charge is 0.311 e. The van der Waals surface area contributed by atoms with Crippen LogP contribution in [0.15, 0.2) is 24.3 Å². The second-order valence-corrected chi connectivity index (χ2v) is 6.05. The number of carboxylic acid groups (broad SMARTS) is 1. The third-order valence-corrected chi connectivity index (χ3v) is 4.96. The predicted molar refractivity (Wildman–Crippen MR) is 74.5 cm³/mol. The first-order valence-corrected chi connectivity index (χ1v) is 7.13. The number of hydrogen-bond acceptors (Lipinski definition) is 2. The van der Waals surface area contributed by atoms with Crippen LogP contribution in [0, 0.1) is 18.3 Å². The van der Waals surface area contributed by atoms with Crippen molar-refractivity contribution in [1.82, 2.24) is 4.90 Å². The molecule has 1 saturated heterocycles. The number of nitrogens with zero attached hydrogens (tertiary/aromatic N) is 1. The van der Waals surface area contributed by atoms with Crippen molar-refractivity contribution in [2.45, 2.75) is 26.2 Å². The molecule has 2 aliphatic rings. The van der Waals surface area contributed by atoms with Crippen LogP contribution in [0.5, 0.6) is 0 Å². The van der Waals surface area contributed by atoms with Crippen LogP contribution in [0.1, 0.15) is 35.2 Å². The molecular formula is C16H19NO3. The molecule has 1 aromatic rings. The van der Waals surface area contributed by atoms with Gasteiger partial charge in [0.1, 0.15) is 0 Å². The van der Waals surface area contributed by atoms with Gasteiger partial charge in [0.15, 0.2) is 0 Å². The largest absolute Gasteiger partial charge is 0.481 e. The molecule has 1 heterocycles. The molecule has 1 aliphatic carbocycles. The summed E-state index contributed by atoms with van der Waals surface area (Å²) in [6.45, 7) is 2.86. The van der Waals surface area contributed by atoms with E-state index >= 15 is 0 Å². The molecule has 1 saturated carbocycles. The molecule has 1 amide bonds. The van der Waals surface area contributed by atoms with E-state index in [9.17, 15) is 14.7 Å². The molecule has 106 valence electrons. The first kappa shape index (κ1) is 13.2. The van der Waals surface area contributed by atoms with Gasteiger partial charge in [-0.3, -0.25) is 9.59 Å². The number of aliphatic carboxylic acids is 1. The van der Waals surface area contributed by atoms with Crippen LogP contribution in [-0.2, 0) is 4.79 Å². The lowest BCUT2D eigenvalue weighted by Crippen LogP contribution is -2.37. The van der Waals surface area contributed by atoms with Crippen molar-refractivity contribution >= 4 is 11.9 Å². The van der Waals surface area contributed by atoms with Crippen LogP contribution in [0.3, 0.4) is 0 Å². The Labute approximate surface area is 118 Å². The number of fused-ring (bicyclic) bond motifs is 1. The average molecular weight is 273 g/mol. The topological polar surface area (TPSA) is 57.6 Å². The zero-order valence-electron chi connectivity index (χ0n) is 11.6. The van der Waals surface area contributed by atoms with E-state index in [4.69, 9.17) is 0 Å². The van der Waals surface area contributed by atoms with Gasteiger partial charge in [-0.2, -0.15) is 0 Å². The highest BCUT2D eigenvalue weighted by Gasteiger charge is 2.55. The zero-order chi connectivity index (χ0) is 14.3. The van der Waals surface area contributed by atoms with Gasteiger partial charge in [-0.05, 0) is 37.3 Å². The number of aryl methyl sites for hydroxylation is 1. The van der Waals surface area contributed by atoms with E-state index in [0.29, 0.717) is 25.1 Å². The Kier molecular flexibility index (Phi) is 3.04. The second kappa shape index (κ2) is 4.62. The number of rotatable bonds is 2. The third-order valence-electron chi connectivity index (χ3n) is 4.96. The van der Waals surface area contributed by atoms with E-state index in [2.05, 4.69) is 0 Å². The zero-order valence-corrected chi connectivity index (χ0v) is 11.6. The van der Waals surface area contributed by atoms with Crippen molar-refractivity contribution in [2.75, 3.05) is 13.1 Å². The molecule has 1 aliphatic heterocycles. The van der Waals surface area contributed by atoms with Gasteiger partial charge >= 0.3 is 5.97 Å². The minimum absolute atomic E-state index is 0.0295. The summed E-state index contributed by atoms with van der Waals surface area (Å²) in [5.74, 6) is -0.647. The molecule has 3 rings (SSSR count). The Morgan fingerprint density at radius 2 is 2.10 bits per heavy atom. The lowest BCUT2D eigenvalue weighted by Gasteiger charge is -2.23. The fourth-order valence-corrected chi connectivity index (χ4v) is 3.78. The first-order chi connectivity index (χ1) is 9.54. The predicted octanol–water partition coefficient (Wildman–Crippen LogP) is 2.32. The number of carboxylic acids is 1. The van der Waals surface area contributed by atoms with Gasteiger partial charge in [0.25, 0.3) is 5.91 Å². The van der Waals surface area contributed by atoms with Crippen LogP contribution < -0.4 is 0 Å². The maximum Gasteiger partial charge on any atom is 0.311 e. The van der Waals surface area contributed by atoms with E-state index in [-0.39, 0.29) is 11.8 Å². The summed E-state index contributed by atoms with van der Waals surface area (Å²) in [6, 6.07) is 7.49. The highest BCUT2D eigenvalue weighted by molar-refractivity contribution is 5.96. The van der Waals surface area contributed by atoms with Crippen LogP contribution in [-0.4, -0.2) is 35.0 Å². The van der Waals surface area contributed by atoms with Crippen LogP contribution in [0.25, 0.3) is 0 Å². The van der Waals surface area contributed by atoms with Crippen molar-refractivity contribution in [1.29, 1.82) is 0 Å². The van der Waals surface area contributed by atoms with Gasteiger partial charge < -0.3 is 10.0 Å². The summed E-state index contributed by atoms with van der Waals surface area (Å²) in [6.07, 6.45) is 2.58. The summed E-state index contributed by atoms with van der Waals surface area (Å²) in [5, 5.41) is 9.56. The SMILES string of the molecule is Cc1ccccc1C(=O)N1C[C@@H]2CCC[C@@]2(C(=O)O)C1. The Balaban J connectivity index is 1.86. The number of likely N-dealkylation sites (tertiary alicyclic amines) is 1. The Bertz CT molecular complexity index is 569. The number of carbonyl (C=O) groups is 2. The molecule has 0 bridgehead atoms. The maximum absolute atomic E-state index is 12.6. The molecular weight excluding hydrogens is 254 g/mol. The fraction of sp³-hybridized carbons (Fsp3) is 0.500. The fourth-order valence-electron chi connectivity index (χ4n) is 3.78. The van der Waals surface area contributed by atoms with Crippen LogP contribution in [0.4, 0.5) is 0 Å². The van der Waals surface area contributed by atoms with Gasteiger partial charge in [-0.15, -0.1) is 0 Å². The van der Waals surface area contributed by atoms with Crippen molar-refractivity contribution in [3.63, 3.8) is 0 Å². The Morgan fingerprint density at radius 3 is 2.75 bits per heavy atom. The summed E-state index contributed by atoms with van der Waals surface area (Å²) >= 11 is 0. The Morgan fingerprint density at radius 1 is 1.35 bits per heavy atom. The molecule has 2 atom stereocenters. The van der Waals surface area contributed by atoms with E-state index < -0.39 is 11.4 Å². The molecule has 1 aromatic carbocycles. The van der Waals surface area contributed by atoms with Gasteiger partial charge in [-0.1, -0.05) is 24.6 Å². The minimum Gasteiger partial charge on any atom is -0.481 e. The molecule has 0 radical (unpaired) electrons. The number of carbonyl (C=O) groups excluding carboxylic acids is 1. The summed E-state index contributed by atoms with van der Waals surface area (Å²) < 4.78 is 0. The van der Waals surface area contributed by atoms with Crippen molar-refractivity contribution in [3.8, 4) is 0 Å². The number of hydrogen-bond donors (Lipinski definition) is 1.